The fraction of sp³-hybridized carbons (Fsp3) is 0.125. The second-order valence-corrected chi connectivity index (χ2v) is 2.75. The van der Waals surface area contributed by atoms with Crippen molar-refractivity contribution < 1.29 is 15.0 Å². The number of rotatable bonds is 2. The lowest BCUT2D eigenvalue weighted by Crippen LogP contribution is -2.10. The Balaban J connectivity index is 2.58. The van der Waals surface area contributed by atoms with Crippen LogP contribution in [-0.4, -0.2) is 30.8 Å². The third kappa shape index (κ3) is 1.21. The zero-order valence-corrected chi connectivity index (χ0v) is 7.03. The molecule has 72 valence electrons. The number of nitrogens with zero attached hydrogens (tertiary/aromatic N) is 3. The molecule has 2 rings (SSSR count). The first-order valence-corrected chi connectivity index (χ1v) is 3.88. The molecule has 0 saturated carbocycles. The van der Waals surface area contributed by atoms with Crippen LogP contribution in [0.5, 0.6) is 0 Å². The van der Waals surface area contributed by atoms with Gasteiger partial charge in [0.15, 0.2) is 6.10 Å². The monoisotopic (exact) mass is 193 g/mol. The maximum Gasteiger partial charge on any atom is 0.337 e. The average molecular weight is 193 g/mol. The van der Waals surface area contributed by atoms with Crippen LogP contribution in [0.25, 0.3) is 5.52 Å². The van der Waals surface area contributed by atoms with Crippen molar-refractivity contribution in [2.45, 2.75) is 6.10 Å². The van der Waals surface area contributed by atoms with Gasteiger partial charge in [0.1, 0.15) is 6.33 Å². The Morgan fingerprint density at radius 3 is 3.07 bits per heavy atom. The van der Waals surface area contributed by atoms with Crippen molar-refractivity contribution in [1.29, 1.82) is 0 Å². The predicted molar refractivity (Wildman–Crippen MR) is 45.6 cm³/mol. The van der Waals surface area contributed by atoms with Crippen molar-refractivity contribution in [2.24, 2.45) is 0 Å². The maximum atomic E-state index is 10.5. The van der Waals surface area contributed by atoms with Crippen LogP contribution in [0.2, 0.25) is 0 Å². The largest absolute Gasteiger partial charge is 0.479 e. The van der Waals surface area contributed by atoms with E-state index < -0.39 is 12.1 Å². The molecule has 1 unspecified atom stereocenters. The number of carbonyl (C=O) groups is 1. The molecule has 0 bridgehead atoms. The summed E-state index contributed by atoms with van der Waals surface area (Å²) in [6, 6.07) is 1.50. The highest BCUT2D eigenvalue weighted by Crippen LogP contribution is 2.18. The Hall–Kier alpha value is -1.95. The van der Waals surface area contributed by atoms with Crippen LogP contribution in [0.15, 0.2) is 24.8 Å². The number of aliphatic carboxylic acids is 1. The zero-order valence-electron chi connectivity index (χ0n) is 7.03. The summed E-state index contributed by atoms with van der Waals surface area (Å²) in [4.78, 5) is 14.3. The highest BCUT2D eigenvalue weighted by atomic mass is 16.4. The van der Waals surface area contributed by atoms with E-state index in [1.165, 1.54) is 23.1 Å². The van der Waals surface area contributed by atoms with E-state index >= 15 is 0 Å². The number of hydrogen-bond acceptors (Lipinski definition) is 4. The Bertz CT molecular complexity index is 479. The molecule has 0 aliphatic rings. The summed E-state index contributed by atoms with van der Waals surface area (Å²) in [5.41, 5.74) is 0.778. The minimum absolute atomic E-state index is 0.290. The predicted octanol–water partition coefficient (Wildman–Crippen LogP) is -0.153. The second-order valence-electron chi connectivity index (χ2n) is 2.75. The molecule has 2 aromatic rings. The Kier molecular flexibility index (Phi) is 1.90. The minimum atomic E-state index is -1.54. The van der Waals surface area contributed by atoms with E-state index in [-0.39, 0.29) is 5.56 Å². The number of hydrogen-bond donors (Lipinski definition) is 2. The van der Waals surface area contributed by atoms with Crippen molar-refractivity contribution in [3.63, 3.8) is 0 Å². The molecule has 14 heavy (non-hydrogen) atoms. The Morgan fingerprint density at radius 2 is 2.36 bits per heavy atom. The molecule has 2 N–H and O–H groups in total. The molecule has 6 nitrogen and oxygen atoms in total. The van der Waals surface area contributed by atoms with E-state index in [9.17, 15) is 9.90 Å². The van der Waals surface area contributed by atoms with E-state index in [4.69, 9.17) is 5.11 Å². The number of aliphatic hydroxyl groups excluding tert-OH is 1. The smallest absolute Gasteiger partial charge is 0.337 e. The normalized spacial score (nSPS) is 12.9. The molecular weight excluding hydrogens is 186 g/mol. The molecule has 0 radical (unpaired) electrons. The quantitative estimate of drug-likeness (QED) is 0.692. The topological polar surface area (TPSA) is 87.7 Å². The lowest BCUT2D eigenvalue weighted by atomic mass is 10.2. The Morgan fingerprint density at radius 1 is 1.57 bits per heavy atom. The summed E-state index contributed by atoms with van der Waals surface area (Å²) in [6.45, 7) is 0. The fourth-order valence-electron chi connectivity index (χ4n) is 1.24. The molecule has 0 aromatic carbocycles. The first kappa shape index (κ1) is 8.64. The van der Waals surface area contributed by atoms with Crippen molar-refractivity contribution >= 4 is 11.5 Å². The highest BCUT2D eigenvalue weighted by Gasteiger charge is 2.19. The minimum Gasteiger partial charge on any atom is -0.479 e. The number of carboxylic acid groups (broad SMARTS) is 1. The van der Waals surface area contributed by atoms with Crippen LogP contribution in [-0.2, 0) is 4.79 Å². The van der Waals surface area contributed by atoms with Crippen LogP contribution < -0.4 is 0 Å². The van der Waals surface area contributed by atoms with E-state index in [1.807, 2.05) is 0 Å². The molecule has 2 heterocycles. The summed E-state index contributed by atoms with van der Waals surface area (Å²) in [5, 5.41) is 21.8. The highest BCUT2D eigenvalue weighted by molar-refractivity contribution is 5.77. The summed E-state index contributed by atoms with van der Waals surface area (Å²) < 4.78 is 1.45. The maximum absolute atomic E-state index is 10.5. The number of carboxylic acids is 1. The second kappa shape index (κ2) is 3.08. The van der Waals surface area contributed by atoms with Crippen LogP contribution in [0.3, 0.4) is 0 Å². The first-order chi connectivity index (χ1) is 6.70. The molecule has 0 aliphatic heterocycles. The van der Waals surface area contributed by atoms with Crippen molar-refractivity contribution in [3.8, 4) is 0 Å². The number of aliphatic hydroxyl groups is 1. The summed E-state index contributed by atoms with van der Waals surface area (Å²) in [5.74, 6) is -1.29. The third-order valence-corrected chi connectivity index (χ3v) is 1.91. The van der Waals surface area contributed by atoms with Crippen molar-refractivity contribution in [2.75, 3.05) is 0 Å². The van der Waals surface area contributed by atoms with Gasteiger partial charge in [-0.3, -0.25) is 0 Å². The summed E-state index contributed by atoms with van der Waals surface area (Å²) >= 11 is 0. The van der Waals surface area contributed by atoms with Gasteiger partial charge in [0.25, 0.3) is 0 Å². The van der Waals surface area contributed by atoms with Gasteiger partial charge in [0.2, 0.25) is 0 Å². The molecule has 0 aliphatic carbocycles. The average Bonchev–Trinajstić information content (AvgIpc) is 2.60. The van der Waals surface area contributed by atoms with E-state index in [0.29, 0.717) is 5.52 Å². The molecule has 1 atom stereocenters. The van der Waals surface area contributed by atoms with E-state index in [1.54, 1.807) is 6.20 Å². The van der Waals surface area contributed by atoms with Gasteiger partial charge < -0.3 is 10.2 Å². The van der Waals surface area contributed by atoms with Crippen LogP contribution in [0.4, 0.5) is 0 Å². The van der Waals surface area contributed by atoms with Crippen molar-refractivity contribution in [1.82, 2.24) is 14.6 Å². The van der Waals surface area contributed by atoms with Crippen LogP contribution in [0, 0.1) is 0 Å². The first-order valence-electron chi connectivity index (χ1n) is 3.88. The standard InChI is InChI=1S/C8H7N3O3/c12-7(8(13)14)5-1-2-11-6(5)3-9-4-10-11/h1-4,7,12H,(H,13,14). The van der Waals surface area contributed by atoms with Gasteiger partial charge in [-0.25, -0.2) is 14.3 Å². The summed E-state index contributed by atoms with van der Waals surface area (Å²) in [6.07, 6.45) is 2.82. The third-order valence-electron chi connectivity index (χ3n) is 1.91. The van der Waals surface area contributed by atoms with Gasteiger partial charge >= 0.3 is 5.97 Å². The SMILES string of the molecule is O=C(O)C(O)c1ccn2ncncc12. The lowest BCUT2D eigenvalue weighted by Gasteiger charge is -2.02. The molecule has 0 fully saturated rings. The van der Waals surface area contributed by atoms with E-state index in [0.717, 1.165) is 0 Å². The van der Waals surface area contributed by atoms with Crippen LogP contribution in [0.1, 0.15) is 11.7 Å². The van der Waals surface area contributed by atoms with Gasteiger partial charge in [0.05, 0.1) is 11.7 Å². The van der Waals surface area contributed by atoms with Gasteiger partial charge in [-0.15, -0.1) is 0 Å². The Labute approximate surface area is 78.4 Å². The fourth-order valence-corrected chi connectivity index (χ4v) is 1.24. The molecule has 0 spiro atoms. The van der Waals surface area contributed by atoms with Crippen molar-refractivity contribution in [3.05, 3.63) is 30.4 Å². The summed E-state index contributed by atoms with van der Waals surface area (Å²) in [7, 11) is 0. The van der Waals surface area contributed by atoms with Gasteiger partial charge in [-0.05, 0) is 6.07 Å². The molecule has 6 heteroatoms. The molecular formula is C8H7N3O3. The molecule has 0 saturated heterocycles. The number of fused-ring (bicyclic) bond motifs is 1. The van der Waals surface area contributed by atoms with Gasteiger partial charge in [-0.2, -0.15) is 5.10 Å². The lowest BCUT2D eigenvalue weighted by molar-refractivity contribution is -0.146. The molecule has 2 aromatic heterocycles. The van der Waals surface area contributed by atoms with Gasteiger partial charge in [-0.1, -0.05) is 0 Å². The van der Waals surface area contributed by atoms with Gasteiger partial charge in [0, 0.05) is 11.8 Å². The number of aromatic nitrogens is 3. The van der Waals surface area contributed by atoms with Crippen LogP contribution >= 0.6 is 0 Å². The van der Waals surface area contributed by atoms with E-state index in [2.05, 4.69) is 10.1 Å². The molecule has 0 amide bonds. The zero-order chi connectivity index (χ0) is 10.1.